The molecule has 0 atom stereocenters. The standard InChI is InChI=1S/C22H20N4O5S2/c23-14-4-8-16(9-5-14)25-32(28,29)21-3-1-2-19-20(21)12-18(27)13-22(19)33(30,31)26-17-10-6-15(24)7-11-17/h1-13,25-27H,23-24H2. The molecule has 170 valence electrons. The Morgan fingerprint density at radius 2 is 1.09 bits per heavy atom. The van der Waals surface area contributed by atoms with E-state index in [1.165, 1.54) is 60.7 Å². The third-order valence-electron chi connectivity index (χ3n) is 4.81. The van der Waals surface area contributed by atoms with Crippen LogP contribution in [0.2, 0.25) is 0 Å². The average molecular weight is 485 g/mol. The number of nitrogens with one attached hydrogen (secondary N) is 2. The number of anilines is 4. The summed E-state index contributed by atoms with van der Waals surface area (Å²) in [4.78, 5) is -0.476. The Hall–Kier alpha value is -3.96. The summed E-state index contributed by atoms with van der Waals surface area (Å²) in [5, 5.41) is 10.4. The zero-order valence-electron chi connectivity index (χ0n) is 17.1. The van der Waals surface area contributed by atoms with Crippen LogP contribution in [0.1, 0.15) is 0 Å². The fourth-order valence-electron chi connectivity index (χ4n) is 3.29. The molecule has 0 saturated heterocycles. The molecule has 7 N–H and O–H groups in total. The Morgan fingerprint density at radius 1 is 0.606 bits per heavy atom. The first-order valence-electron chi connectivity index (χ1n) is 9.58. The SMILES string of the molecule is Nc1ccc(NS(=O)(=O)c2cc(O)cc3c(S(=O)(=O)Nc4ccc(N)cc4)cccc23)cc1. The molecule has 0 heterocycles. The van der Waals surface area contributed by atoms with Crippen LogP contribution in [0, 0.1) is 0 Å². The van der Waals surface area contributed by atoms with E-state index in [4.69, 9.17) is 11.5 Å². The van der Waals surface area contributed by atoms with Crippen molar-refractivity contribution in [1.82, 2.24) is 0 Å². The first kappa shape index (κ1) is 22.2. The molecule has 0 fully saturated rings. The van der Waals surface area contributed by atoms with Gasteiger partial charge in [0.2, 0.25) is 0 Å². The van der Waals surface area contributed by atoms with Crippen molar-refractivity contribution in [3.63, 3.8) is 0 Å². The Balaban J connectivity index is 1.82. The maximum absolute atomic E-state index is 13.1. The van der Waals surface area contributed by atoms with Crippen molar-refractivity contribution in [3.05, 3.63) is 78.9 Å². The summed E-state index contributed by atoms with van der Waals surface area (Å²) in [5.41, 5.74) is 12.7. The summed E-state index contributed by atoms with van der Waals surface area (Å²) in [7, 11) is -8.31. The number of hydrogen-bond donors (Lipinski definition) is 5. The summed E-state index contributed by atoms with van der Waals surface area (Å²) in [6.07, 6.45) is 0. The number of fused-ring (bicyclic) bond motifs is 1. The largest absolute Gasteiger partial charge is 0.508 e. The third kappa shape index (κ3) is 4.64. The van der Waals surface area contributed by atoms with Crippen LogP contribution in [0.4, 0.5) is 22.7 Å². The normalized spacial score (nSPS) is 11.9. The molecule has 4 aromatic rings. The van der Waals surface area contributed by atoms with E-state index < -0.39 is 25.8 Å². The summed E-state index contributed by atoms with van der Waals surface area (Å²) in [6.45, 7) is 0. The molecule has 0 aromatic heterocycles. The van der Waals surface area contributed by atoms with Gasteiger partial charge in [0.1, 0.15) is 5.75 Å². The van der Waals surface area contributed by atoms with E-state index in [2.05, 4.69) is 9.44 Å². The lowest BCUT2D eigenvalue weighted by atomic mass is 10.1. The van der Waals surface area contributed by atoms with Gasteiger partial charge in [0.15, 0.2) is 0 Å². The predicted molar refractivity (Wildman–Crippen MR) is 129 cm³/mol. The van der Waals surface area contributed by atoms with E-state index in [0.29, 0.717) is 11.4 Å². The highest BCUT2D eigenvalue weighted by atomic mass is 32.2. The maximum Gasteiger partial charge on any atom is 0.262 e. The minimum Gasteiger partial charge on any atom is -0.508 e. The second-order valence-corrected chi connectivity index (χ2v) is 10.6. The molecule has 4 aromatic carbocycles. The fourth-order valence-corrected chi connectivity index (χ4v) is 5.86. The van der Waals surface area contributed by atoms with Gasteiger partial charge < -0.3 is 16.6 Å². The van der Waals surface area contributed by atoms with Crippen LogP contribution in [0.5, 0.6) is 5.75 Å². The molecule has 0 bridgehead atoms. The van der Waals surface area contributed by atoms with Crippen molar-refractivity contribution in [2.45, 2.75) is 9.79 Å². The van der Waals surface area contributed by atoms with E-state index in [1.807, 2.05) is 0 Å². The summed E-state index contributed by atoms with van der Waals surface area (Å²) < 4.78 is 57.2. The second kappa shape index (κ2) is 8.19. The van der Waals surface area contributed by atoms with E-state index in [9.17, 15) is 21.9 Å². The first-order chi connectivity index (χ1) is 15.5. The molecule has 0 aliphatic heterocycles. The average Bonchev–Trinajstić information content (AvgIpc) is 2.75. The highest BCUT2D eigenvalue weighted by molar-refractivity contribution is 7.93. The number of benzene rings is 4. The van der Waals surface area contributed by atoms with Crippen molar-refractivity contribution < 1.29 is 21.9 Å². The van der Waals surface area contributed by atoms with Crippen LogP contribution >= 0.6 is 0 Å². The molecule has 0 spiro atoms. The van der Waals surface area contributed by atoms with Gasteiger partial charge in [-0.2, -0.15) is 0 Å². The number of phenolic OH excluding ortho intramolecular Hbond substituents is 1. The third-order valence-corrected chi connectivity index (χ3v) is 7.67. The van der Waals surface area contributed by atoms with Crippen molar-refractivity contribution in [2.24, 2.45) is 0 Å². The quantitative estimate of drug-likeness (QED) is 0.262. The van der Waals surface area contributed by atoms with Gasteiger partial charge in [-0.3, -0.25) is 9.44 Å². The van der Waals surface area contributed by atoms with Crippen LogP contribution in [0.3, 0.4) is 0 Å². The predicted octanol–water partition coefficient (Wildman–Crippen LogP) is 3.31. The van der Waals surface area contributed by atoms with Gasteiger partial charge in [0.25, 0.3) is 20.0 Å². The molecule has 0 aliphatic rings. The highest BCUT2D eigenvalue weighted by Gasteiger charge is 2.24. The number of nitrogen functional groups attached to an aromatic ring is 2. The van der Waals surface area contributed by atoms with Crippen molar-refractivity contribution in [3.8, 4) is 5.75 Å². The Labute approximate surface area is 190 Å². The van der Waals surface area contributed by atoms with Crippen molar-refractivity contribution in [2.75, 3.05) is 20.9 Å². The van der Waals surface area contributed by atoms with Gasteiger partial charge in [-0.25, -0.2) is 16.8 Å². The van der Waals surface area contributed by atoms with Gasteiger partial charge in [0, 0.05) is 39.6 Å². The van der Waals surface area contributed by atoms with E-state index in [-0.39, 0.29) is 31.9 Å². The molecule has 0 aliphatic carbocycles. The molecule has 0 amide bonds. The number of sulfonamides is 2. The van der Waals surface area contributed by atoms with E-state index in [0.717, 1.165) is 6.07 Å². The number of aromatic hydroxyl groups is 1. The summed E-state index contributed by atoms with van der Waals surface area (Å²) in [5.74, 6) is -0.407. The monoisotopic (exact) mass is 484 g/mol. The minimum atomic E-state index is -4.18. The zero-order chi connectivity index (χ0) is 23.8. The number of rotatable bonds is 6. The lowest BCUT2D eigenvalue weighted by Crippen LogP contribution is -2.15. The molecule has 11 heteroatoms. The Morgan fingerprint density at radius 3 is 1.61 bits per heavy atom. The maximum atomic E-state index is 13.1. The Kier molecular flexibility index (Phi) is 5.52. The smallest absolute Gasteiger partial charge is 0.262 e. The fraction of sp³-hybridized carbons (Fsp3) is 0. The van der Waals surface area contributed by atoms with Gasteiger partial charge >= 0.3 is 0 Å². The van der Waals surface area contributed by atoms with E-state index >= 15 is 0 Å². The molecular formula is C22H20N4O5S2. The number of phenols is 1. The zero-order valence-corrected chi connectivity index (χ0v) is 18.7. The number of nitrogens with two attached hydrogens (primary N) is 2. The second-order valence-electron chi connectivity index (χ2n) is 7.25. The number of hydrogen-bond acceptors (Lipinski definition) is 7. The molecule has 4 rings (SSSR count). The Bertz CT molecular complexity index is 1550. The minimum absolute atomic E-state index is 0.0399. The highest BCUT2D eigenvalue weighted by Crippen LogP contribution is 2.34. The first-order valence-corrected chi connectivity index (χ1v) is 12.5. The van der Waals surface area contributed by atoms with Crippen LogP contribution in [0.15, 0.2) is 88.7 Å². The topological polar surface area (TPSA) is 165 Å². The van der Waals surface area contributed by atoms with Gasteiger partial charge in [-0.05, 0) is 60.7 Å². The van der Waals surface area contributed by atoms with Gasteiger partial charge in [0.05, 0.1) is 9.79 Å². The van der Waals surface area contributed by atoms with Gasteiger partial charge in [-0.1, -0.05) is 12.1 Å². The lowest BCUT2D eigenvalue weighted by Gasteiger charge is -2.15. The van der Waals surface area contributed by atoms with Crippen molar-refractivity contribution in [1.29, 1.82) is 0 Å². The van der Waals surface area contributed by atoms with Crippen molar-refractivity contribution >= 4 is 53.6 Å². The lowest BCUT2D eigenvalue weighted by molar-refractivity contribution is 0.474. The molecule has 9 nitrogen and oxygen atoms in total. The van der Waals surface area contributed by atoms with Crippen LogP contribution in [0.25, 0.3) is 10.8 Å². The van der Waals surface area contributed by atoms with Crippen LogP contribution in [-0.4, -0.2) is 21.9 Å². The van der Waals surface area contributed by atoms with E-state index in [1.54, 1.807) is 12.1 Å². The molecule has 0 unspecified atom stereocenters. The molecular weight excluding hydrogens is 464 g/mol. The van der Waals surface area contributed by atoms with Crippen LogP contribution in [-0.2, 0) is 20.0 Å². The molecule has 33 heavy (non-hydrogen) atoms. The van der Waals surface area contributed by atoms with Gasteiger partial charge in [-0.15, -0.1) is 0 Å². The summed E-state index contributed by atoms with van der Waals surface area (Å²) >= 11 is 0. The van der Waals surface area contributed by atoms with Crippen LogP contribution < -0.4 is 20.9 Å². The summed E-state index contributed by atoms with van der Waals surface area (Å²) in [6, 6.07) is 18.6. The molecule has 0 saturated carbocycles. The molecule has 0 radical (unpaired) electrons.